The van der Waals surface area contributed by atoms with E-state index in [1.807, 2.05) is 6.92 Å². The SMILES string of the molecule is Cc1cc(C)c(-c2noc(C)n2)c(NC(=O)c2ccc(F)cc2F)n1. The van der Waals surface area contributed by atoms with Crippen LogP contribution in [0.25, 0.3) is 11.4 Å². The summed E-state index contributed by atoms with van der Waals surface area (Å²) >= 11 is 0. The molecule has 0 fully saturated rings. The fraction of sp³-hybridized carbons (Fsp3) is 0.176. The molecule has 0 saturated carbocycles. The minimum atomic E-state index is -0.959. The van der Waals surface area contributed by atoms with E-state index in [2.05, 4.69) is 20.4 Å². The molecule has 0 unspecified atom stereocenters. The number of anilines is 1. The van der Waals surface area contributed by atoms with Gasteiger partial charge in [-0.15, -0.1) is 0 Å². The zero-order chi connectivity index (χ0) is 18.1. The summed E-state index contributed by atoms with van der Waals surface area (Å²) in [5.41, 5.74) is 1.59. The second kappa shape index (κ2) is 6.39. The third kappa shape index (κ3) is 3.37. The first-order valence-corrected chi connectivity index (χ1v) is 7.40. The van der Waals surface area contributed by atoms with Gasteiger partial charge in [-0.1, -0.05) is 5.16 Å². The summed E-state index contributed by atoms with van der Waals surface area (Å²) in [6.07, 6.45) is 0. The Labute approximate surface area is 141 Å². The van der Waals surface area contributed by atoms with Crippen molar-refractivity contribution in [3.8, 4) is 11.4 Å². The van der Waals surface area contributed by atoms with Gasteiger partial charge in [-0.2, -0.15) is 4.98 Å². The maximum atomic E-state index is 13.8. The third-order valence-electron chi connectivity index (χ3n) is 3.50. The molecule has 2 heterocycles. The molecule has 0 radical (unpaired) electrons. The molecule has 3 rings (SSSR count). The summed E-state index contributed by atoms with van der Waals surface area (Å²) in [5, 5.41) is 6.39. The van der Waals surface area contributed by atoms with Gasteiger partial charge in [-0.25, -0.2) is 13.8 Å². The van der Waals surface area contributed by atoms with Crippen LogP contribution in [0.1, 0.15) is 27.5 Å². The minimum absolute atomic E-state index is 0.173. The molecule has 0 spiro atoms. The molecule has 1 aromatic carbocycles. The van der Waals surface area contributed by atoms with Crippen molar-refractivity contribution in [3.05, 3.63) is 58.6 Å². The lowest BCUT2D eigenvalue weighted by Gasteiger charge is -2.12. The van der Waals surface area contributed by atoms with Gasteiger partial charge in [0.2, 0.25) is 11.7 Å². The lowest BCUT2D eigenvalue weighted by atomic mass is 10.1. The van der Waals surface area contributed by atoms with Gasteiger partial charge in [0.1, 0.15) is 17.5 Å². The van der Waals surface area contributed by atoms with Gasteiger partial charge in [0.25, 0.3) is 5.91 Å². The number of rotatable bonds is 3. The summed E-state index contributed by atoms with van der Waals surface area (Å²) < 4.78 is 31.8. The van der Waals surface area contributed by atoms with E-state index in [0.717, 1.165) is 17.7 Å². The van der Waals surface area contributed by atoms with Gasteiger partial charge in [0, 0.05) is 18.7 Å². The second-order valence-corrected chi connectivity index (χ2v) is 5.52. The monoisotopic (exact) mass is 344 g/mol. The van der Waals surface area contributed by atoms with Crippen LogP contribution in [-0.2, 0) is 0 Å². The second-order valence-electron chi connectivity index (χ2n) is 5.52. The zero-order valence-electron chi connectivity index (χ0n) is 13.7. The van der Waals surface area contributed by atoms with Crippen LogP contribution in [0.5, 0.6) is 0 Å². The Morgan fingerprint density at radius 1 is 1.12 bits per heavy atom. The van der Waals surface area contributed by atoms with Crippen molar-refractivity contribution < 1.29 is 18.1 Å². The number of nitrogens with zero attached hydrogens (tertiary/aromatic N) is 3. The van der Waals surface area contributed by atoms with Crippen molar-refractivity contribution in [1.29, 1.82) is 0 Å². The standard InChI is InChI=1S/C17H14F2N4O2/c1-8-6-9(2)20-15(14(8)16-21-10(3)25-23-16)22-17(24)12-5-4-11(18)7-13(12)19/h4-7H,1-3H3,(H,20,22,24). The number of nitrogens with one attached hydrogen (secondary N) is 1. The number of aryl methyl sites for hydroxylation is 3. The quantitative estimate of drug-likeness (QED) is 0.785. The first kappa shape index (κ1) is 16.7. The molecule has 8 heteroatoms. The van der Waals surface area contributed by atoms with Crippen molar-refractivity contribution >= 4 is 11.7 Å². The normalized spacial score (nSPS) is 10.8. The molecule has 0 aliphatic carbocycles. The van der Waals surface area contributed by atoms with Crippen molar-refractivity contribution in [2.45, 2.75) is 20.8 Å². The van der Waals surface area contributed by atoms with Crippen molar-refractivity contribution in [2.75, 3.05) is 5.32 Å². The van der Waals surface area contributed by atoms with Crippen LogP contribution in [0.15, 0.2) is 28.8 Å². The van der Waals surface area contributed by atoms with Crippen LogP contribution in [-0.4, -0.2) is 21.0 Å². The summed E-state index contributed by atoms with van der Waals surface area (Å²) in [4.78, 5) is 20.8. The van der Waals surface area contributed by atoms with Crippen LogP contribution >= 0.6 is 0 Å². The molecule has 0 atom stereocenters. The maximum absolute atomic E-state index is 13.8. The first-order chi connectivity index (χ1) is 11.8. The number of halogens is 2. The Bertz CT molecular complexity index is 969. The van der Waals surface area contributed by atoms with Crippen molar-refractivity contribution in [1.82, 2.24) is 15.1 Å². The first-order valence-electron chi connectivity index (χ1n) is 7.40. The summed E-state index contributed by atoms with van der Waals surface area (Å²) in [5.74, 6) is -1.68. The number of aromatic nitrogens is 3. The summed E-state index contributed by atoms with van der Waals surface area (Å²) in [6, 6.07) is 4.53. The number of pyridine rings is 1. The Kier molecular flexibility index (Phi) is 4.26. The molecule has 1 N–H and O–H groups in total. The zero-order valence-corrected chi connectivity index (χ0v) is 13.7. The Morgan fingerprint density at radius 3 is 2.52 bits per heavy atom. The fourth-order valence-electron chi connectivity index (χ4n) is 2.46. The van der Waals surface area contributed by atoms with E-state index >= 15 is 0 Å². The van der Waals surface area contributed by atoms with Crippen LogP contribution < -0.4 is 5.32 Å². The largest absolute Gasteiger partial charge is 0.339 e. The minimum Gasteiger partial charge on any atom is -0.339 e. The summed E-state index contributed by atoms with van der Waals surface area (Å²) in [6.45, 7) is 5.20. The molecule has 0 aliphatic rings. The van der Waals surface area contributed by atoms with Crippen LogP contribution in [0.3, 0.4) is 0 Å². The summed E-state index contributed by atoms with van der Waals surface area (Å²) in [7, 11) is 0. The van der Waals surface area contributed by atoms with Gasteiger partial charge < -0.3 is 9.84 Å². The average Bonchev–Trinajstić information content (AvgIpc) is 2.92. The van der Waals surface area contributed by atoms with Gasteiger partial charge in [0.15, 0.2) is 0 Å². The highest BCUT2D eigenvalue weighted by atomic mass is 19.1. The molecule has 0 bridgehead atoms. The van der Waals surface area contributed by atoms with E-state index in [-0.39, 0.29) is 17.2 Å². The van der Waals surface area contributed by atoms with E-state index < -0.39 is 17.5 Å². The number of hydrogen-bond donors (Lipinski definition) is 1. The third-order valence-corrected chi connectivity index (χ3v) is 3.50. The Hall–Kier alpha value is -3.16. The number of amides is 1. The van der Waals surface area contributed by atoms with Gasteiger partial charge >= 0.3 is 0 Å². The van der Waals surface area contributed by atoms with Crippen LogP contribution in [0.2, 0.25) is 0 Å². The molecular formula is C17H14F2N4O2. The maximum Gasteiger partial charge on any atom is 0.259 e. The van der Waals surface area contributed by atoms with E-state index in [0.29, 0.717) is 23.2 Å². The van der Waals surface area contributed by atoms with E-state index in [1.165, 1.54) is 0 Å². The number of carbonyl (C=O) groups excluding carboxylic acids is 1. The van der Waals surface area contributed by atoms with Crippen molar-refractivity contribution in [3.63, 3.8) is 0 Å². The highest BCUT2D eigenvalue weighted by molar-refractivity contribution is 6.05. The number of carbonyl (C=O) groups is 1. The highest BCUT2D eigenvalue weighted by Gasteiger charge is 2.20. The Morgan fingerprint density at radius 2 is 1.88 bits per heavy atom. The lowest BCUT2D eigenvalue weighted by Crippen LogP contribution is -2.16. The predicted octanol–water partition coefficient (Wildman–Crippen LogP) is 3.59. The molecule has 0 saturated heterocycles. The van der Waals surface area contributed by atoms with Gasteiger partial charge in [-0.05, 0) is 37.6 Å². The van der Waals surface area contributed by atoms with Crippen molar-refractivity contribution in [2.24, 2.45) is 0 Å². The van der Waals surface area contributed by atoms with E-state index in [1.54, 1.807) is 19.9 Å². The molecule has 3 aromatic rings. The molecule has 1 amide bonds. The molecule has 25 heavy (non-hydrogen) atoms. The molecule has 128 valence electrons. The van der Waals surface area contributed by atoms with Gasteiger partial charge in [-0.3, -0.25) is 4.79 Å². The smallest absolute Gasteiger partial charge is 0.259 e. The Balaban J connectivity index is 2.03. The topological polar surface area (TPSA) is 80.9 Å². The molecule has 6 nitrogen and oxygen atoms in total. The molecule has 0 aliphatic heterocycles. The van der Waals surface area contributed by atoms with Crippen LogP contribution in [0.4, 0.5) is 14.6 Å². The predicted molar refractivity (Wildman–Crippen MR) is 86.1 cm³/mol. The highest BCUT2D eigenvalue weighted by Crippen LogP contribution is 2.29. The number of hydrogen-bond acceptors (Lipinski definition) is 5. The van der Waals surface area contributed by atoms with E-state index in [4.69, 9.17) is 4.52 Å². The fourth-order valence-corrected chi connectivity index (χ4v) is 2.46. The van der Waals surface area contributed by atoms with E-state index in [9.17, 15) is 13.6 Å². The lowest BCUT2D eigenvalue weighted by molar-refractivity contribution is 0.102. The average molecular weight is 344 g/mol. The molecule has 2 aromatic heterocycles. The molecular weight excluding hydrogens is 330 g/mol. The van der Waals surface area contributed by atoms with Crippen LogP contribution in [0, 0.1) is 32.4 Å². The van der Waals surface area contributed by atoms with Gasteiger partial charge in [0.05, 0.1) is 11.1 Å². The number of benzene rings is 1.